The molecule has 2 aliphatic rings. The summed E-state index contributed by atoms with van der Waals surface area (Å²) in [6.45, 7) is 2.53. The highest BCUT2D eigenvalue weighted by atomic mass is 32.2. The van der Waals surface area contributed by atoms with Crippen molar-refractivity contribution in [1.29, 1.82) is 0 Å². The molecule has 8 nitrogen and oxygen atoms in total. The van der Waals surface area contributed by atoms with Gasteiger partial charge in [0.15, 0.2) is 6.61 Å². The van der Waals surface area contributed by atoms with Crippen LogP contribution in [0.5, 0.6) is 5.75 Å². The van der Waals surface area contributed by atoms with Gasteiger partial charge in [0, 0.05) is 38.6 Å². The molecule has 0 radical (unpaired) electrons. The molecule has 0 spiro atoms. The Bertz CT molecular complexity index is 1090. The summed E-state index contributed by atoms with van der Waals surface area (Å²) in [5, 5.41) is 2.95. The van der Waals surface area contributed by atoms with Gasteiger partial charge in [0.2, 0.25) is 15.9 Å². The van der Waals surface area contributed by atoms with Crippen LogP contribution in [0.4, 0.5) is 0 Å². The molecule has 0 saturated carbocycles. The summed E-state index contributed by atoms with van der Waals surface area (Å²) in [5.41, 5.74) is 0.849. The highest BCUT2D eigenvalue weighted by Crippen LogP contribution is 2.21. The number of para-hydroxylation sites is 1. The Morgan fingerprint density at radius 2 is 1.54 bits per heavy atom. The Kier molecular flexibility index (Phi) is 8.41. The fourth-order valence-electron chi connectivity index (χ4n) is 4.51. The molecule has 2 aromatic carbocycles. The monoisotopic (exact) mass is 499 g/mol. The van der Waals surface area contributed by atoms with Crippen molar-refractivity contribution in [1.82, 2.24) is 14.5 Å². The topological polar surface area (TPSA) is 96.0 Å². The number of nitrogens with one attached hydrogen (secondary N) is 1. The van der Waals surface area contributed by atoms with E-state index >= 15 is 0 Å². The molecular formula is C26H33N3O5S. The second-order valence-electron chi connectivity index (χ2n) is 9.08. The number of hydrogen-bond donors (Lipinski definition) is 1. The highest BCUT2D eigenvalue weighted by Gasteiger charge is 2.28. The van der Waals surface area contributed by atoms with Crippen molar-refractivity contribution in [2.45, 2.75) is 43.5 Å². The first-order valence-corrected chi connectivity index (χ1v) is 13.7. The molecule has 4 rings (SSSR count). The average Bonchev–Trinajstić information content (AvgIpc) is 2.91. The number of nitrogens with zero attached hydrogens (tertiary/aromatic N) is 2. The number of ether oxygens (including phenoxy) is 1. The minimum Gasteiger partial charge on any atom is -0.484 e. The average molecular weight is 500 g/mol. The van der Waals surface area contributed by atoms with Crippen LogP contribution >= 0.6 is 0 Å². The Labute approximate surface area is 207 Å². The van der Waals surface area contributed by atoms with Crippen molar-refractivity contribution in [2.24, 2.45) is 5.92 Å². The molecule has 2 saturated heterocycles. The highest BCUT2D eigenvalue weighted by molar-refractivity contribution is 7.89. The van der Waals surface area contributed by atoms with Gasteiger partial charge in [-0.2, -0.15) is 4.31 Å². The van der Waals surface area contributed by atoms with Gasteiger partial charge in [-0.1, -0.05) is 36.8 Å². The van der Waals surface area contributed by atoms with Crippen LogP contribution in [-0.4, -0.2) is 62.2 Å². The maximum atomic E-state index is 12.8. The van der Waals surface area contributed by atoms with Crippen molar-refractivity contribution in [3.8, 4) is 5.75 Å². The zero-order valence-electron chi connectivity index (χ0n) is 19.9. The number of benzene rings is 2. The van der Waals surface area contributed by atoms with Crippen LogP contribution in [0.3, 0.4) is 0 Å². The van der Waals surface area contributed by atoms with Crippen molar-refractivity contribution in [3.63, 3.8) is 0 Å². The van der Waals surface area contributed by atoms with Gasteiger partial charge in [-0.05, 0) is 55.5 Å². The van der Waals surface area contributed by atoms with E-state index in [9.17, 15) is 18.0 Å². The molecule has 2 heterocycles. The van der Waals surface area contributed by atoms with Gasteiger partial charge < -0.3 is 15.0 Å². The second-order valence-corrected chi connectivity index (χ2v) is 11.0. The van der Waals surface area contributed by atoms with Gasteiger partial charge in [0.1, 0.15) is 5.75 Å². The number of carbonyl (C=O) groups is 2. The lowest BCUT2D eigenvalue weighted by Crippen LogP contribution is -2.44. The van der Waals surface area contributed by atoms with Crippen molar-refractivity contribution in [3.05, 3.63) is 60.2 Å². The number of piperidine rings is 2. The van der Waals surface area contributed by atoms with Gasteiger partial charge in [-0.3, -0.25) is 9.59 Å². The first kappa shape index (κ1) is 25.2. The smallest absolute Gasteiger partial charge is 0.260 e. The SMILES string of the molecule is O=C(NCc1ccc(S(=O)(=O)N2CCCCC2)cc1)C1CCN(C(=O)COc2ccccc2)CC1. The molecule has 9 heteroatoms. The van der Waals surface area contributed by atoms with Crippen LogP contribution < -0.4 is 10.1 Å². The molecule has 35 heavy (non-hydrogen) atoms. The van der Waals surface area contributed by atoms with E-state index in [0.717, 1.165) is 24.8 Å². The number of sulfonamides is 1. The molecule has 0 aromatic heterocycles. The molecular weight excluding hydrogens is 466 g/mol. The molecule has 188 valence electrons. The van der Waals surface area contributed by atoms with Crippen molar-refractivity contribution in [2.75, 3.05) is 32.8 Å². The molecule has 2 amide bonds. The zero-order chi connectivity index (χ0) is 24.7. The van der Waals surface area contributed by atoms with Gasteiger partial charge in [0.25, 0.3) is 5.91 Å². The lowest BCUT2D eigenvalue weighted by Gasteiger charge is -2.31. The zero-order valence-corrected chi connectivity index (χ0v) is 20.7. The largest absolute Gasteiger partial charge is 0.484 e. The lowest BCUT2D eigenvalue weighted by atomic mass is 9.96. The summed E-state index contributed by atoms with van der Waals surface area (Å²) >= 11 is 0. The third kappa shape index (κ3) is 6.61. The van der Waals surface area contributed by atoms with Gasteiger partial charge in [-0.25, -0.2) is 8.42 Å². The molecule has 0 bridgehead atoms. The Morgan fingerprint density at radius 3 is 2.20 bits per heavy atom. The Hall–Kier alpha value is -2.91. The predicted octanol–water partition coefficient (Wildman–Crippen LogP) is 2.79. The van der Waals surface area contributed by atoms with E-state index in [-0.39, 0.29) is 24.3 Å². The first-order valence-electron chi connectivity index (χ1n) is 12.3. The maximum Gasteiger partial charge on any atom is 0.260 e. The summed E-state index contributed by atoms with van der Waals surface area (Å²) in [5.74, 6) is 0.398. The summed E-state index contributed by atoms with van der Waals surface area (Å²) in [6, 6.07) is 16.0. The van der Waals surface area contributed by atoms with Crippen LogP contribution in [0.25, 0.3) is 0 Å². The summed E-state index contributed by atoms with van der Waals surface area (Å²) in [7, 11) is -3.45. The molecule has 2 aromatic rings. The van der Waals surface area contributed by atoms with Crippen LogP contribution in [0.2, 0.25) is 0 Å². The number of rotatable bonds is 8. The van der Waals surface area contributed by atoms with Crippen LogP contribution in [0.1, 0.15) is 37.7 Å². The quantitative estimate of drug-likeness (QED) is 0.603. The fourth-order valence-corrected chi connectivity index (χ4v) is 6.03. The molecule has 2 fully saturated rings. The first-order chi connectivity index (χ1) is 16.9. The number of likely N-dealkylation sites (tertiary alicyclic amines) is 1. The summed E-state index contributed by atoms with van der Waals surface area (Å²) in [4.78, 5) is 27.1. The summed E-state index contributed by atoms with van der Waals surface area (Å²) < 4.78 is 32.6. The molecule has 0 unspecified atom stereocenters. The normalized spacial score (nSPS) is 17.7. The van der Waals surface area contributed by atoms with E-state index in [4.69, 9.17) is 4.74 Å². The van der Waals surface area contributed by atoms with Crippen molar-refractivity contribution < 1.29 is 22.7 Å². The maximum absolute atomic E-state index is 12.8. The minimum absolute atomic E-state index is 0.00957. The van der Waals surface area contributed by atoms with Crippen LogP contribution in [0.15, 0.2) is 59.5 Å². The van der Waals surface area contributed by atoms with E-state index in [0.29, 0.717) is 56.2 Å². The van der Waals surface area contributed by atoms with E-state index < -0.39 is 10.0 Å². The summed E-state index contributed by atoms with van der Waals surface area (Å²) in [6.07, 6.45) is 4.09. The van der Waals surface area contributed by atoms with E-state index in [2.05, 4.69) is 5.32 Å². The minimum atomic E-state index is -3.45. The predicted molar refractivity (Wildman–Crippen MR) is 132 cm³/mol. The standard InChI is InChI=1S/C26H33N3O5S/c30-25(20-34-23-7-3-1-4-8-23)28-17-13-22(14-18-28)26(31)27-19-21-9-11-24(12-10-21)35(32,33)29-15-5-2-6-16-29/h1,3-4,7-12,22H,2,5-6,13-20H2,(H,27,31). The van der Waals surface area contributed by atoms with E-state index in [1.807, 2.05) is 30.3 Å². The van der Waals surface area contributed by atoms with Gasteiger partial charge in [-0.15, -0.1) is 0 Å². The molecule has 2 aliphatic heterocycles. The van der Waals surface area contributed by atoms with Crippen LogP contribution in [-0.2, 0) is 26.2 Å². The van der Waals surface area contributed by atoms with E-state index in [1.54, 1.807) is 33.5 Å². The van der Waals surface area contributed by atoms with Gasteiger partial charge in [0.05, 0.1) is 4.90 Å². The number of amides is 2. The number of carbonyl (C=O) groups excluding carboxylic acids is 2. The third-order valence-corrected chi connectivity index (χ3v) is 8.58. The Morgan fingerprint density at radius 1 is 0.886 bits per heavy atom. The third-order valence-electron chi connectivity index (χ3n) is 6.67. The number of hydrogen-bond acceptors (Lipinski definition) is 5. The molecule has 0 atom stereocenters. The fraction of sp³-hybridized carbons (Fsp3) is 0.462. The Balaban J connectivity index is 1.20. The lowest BCUT2D eigenvalue weighted by molar-refractivity contribution is -0.137. The molecule has 1 N–H and O–H groups in total. The van der Waals surface area contributed by atoms with Crippen LogP contribution in [0, 0.1) is 5.92 Å². The van der Waals surface area contributed by atoms with Gasteiger partial charge >= 0.3 is 0 Å². The van der Waals surface area contributed by atoms with E-state index in [1.165, 1.54) is 0 Å². The van der Waals surface area contributed by atoms with Crippen molar-refractivity contribution >= 4 is 21.8 Å². The second kappa shape index (κ2) is 11.7. The molecule has 0 aliphatic carbocycles.